The highest BCUT2D eigenvalue weighted by atomic mass is 35.5. The van der Waals surface area contributed by atoms with E-state index in [-0.39, 0.29) is 42.4 Å². The Balaban J connectivity index is 0.00000200. The molecule has 7 heteroatoms. The quantitative estimate of drug-likeness (QED) is 0.627. The maximum absolute atomic E-state index is 11.3. The molecule has 2 rings (SSSR count). The highest BCUT2D eigenvalue weighted by Crippen LogP contribution is 2.41. The van der Waals surface area contributed by atoms with Crippen LogP contribution >= 0.6 is 12.4 Å². The molecule has 112 valence electrons. The van der Waals surface area contributed by atoms with Crippen molar-refractivity contribution in [3.8, 4) is 11.5 Å². The summed E-state index contributed by atoms with van der Waals surface area (Å²) >= 11 is 0. The molecular formula is C13H19ClN2O4. The molecule has 1 atom stereocenters. The molecule has 0 spiro atoms. The van der Waals surface area contributed by atoms with Gasteiger partial charge in [-0.05, 0) is 12.1 Å². The van der Waals surface area contributed by atoms with E-state index in [9.17, 15) is 15.0 Å². The van der Waals surface area contributed by atoms with Gasteiger partial charge in [-0.3, -0.25) is 4.79 Å². The average molecular weight is 303 g/mol. The number of hydrogen-bond acceptors (Lipinski definition) is 5. The van der Waals surface area contributed by atoms with Gasteiger partial charge in [0.1, 0.15) is 11.4 Å². The summed E-state index contributed by atoms with van der Waals surface area (Å²) in [5.74, 6) is -0.0665. The van der Waals surface area contributed by atoms with E-state index in [0.29, 0.717) is 17.9 Å². The normalized spacial score (nSPS) is 14.9. The van der Waals surface area contributed by atoms with Crippen LogP contribution in [0.25, 0.3) is 0 Å². The number of carbonyl (C=O) groups excluding carboxylic acids is 1. The summed E-state index contributed by atoms with van der Waals surface area (Å²) in [4.78, 5) is 11.3. The summed E-state index contributed by atoms with van der Waals surface area (Å²) in [6.07, 6.45) is -0.772. The number of phenolic OH excluding ortho intramolecular Hbond substituents is 1. The topological polar surface area (TPSA) is 90.8 Å². The first kappa shape index (κ1) is 16.6. The van der Waals surface area contributed by atoms with Gasteiger partial charge >= 0.3 is 0 Å². The van der Waals surface area contributed by atoms with Gasteiger partial charge in [0.25, 0.3) is 5.91 Å². The van der Waals surface area contributed by atoms with E-state index in [1.54, 1.807) is 6.07 Å². The van der Waals surface area contributed by atoms with E-state index >= 15 is 0 Å². The molecule has 1 aromatic carbocycles. The van der Waals surface area contributed by atoms with E-state index in [0.717, 1.165) is 0 Å². The number of benzene rings is 1. The zero-order chi connectivity index (χ0) is 14.0. The number of phenols is 1. The van der Waals surface area contributed by atoms with Crippen molar-refractivity contribution in [2.45, 2.75) is 26.0 Å². The molecule has 0 radical (unpaired) electrons. The van der Waals surface area contributed by atoms with Crippen LogP contribution in [0, 0.1) is 0 Å². The Labute approximate surface area is 123 Å². The van der Waals surface area contributed by atoms with Crippen molar-refractivity contribution in [2.75, 3.05) is 18.5 Å². The van der Waals surface area contributed by atoms with Crippen molar-refractivity contribution in [1.82, 2.24) is 5.32 Å². The van der Waals surface area contributed by atoms with E-state index in [1.807, 2.05) is 13.8 Å². The molecule has 1 aliphatic heterocycles. The second-order valence-electron chi connectivity index (χ2n) is 4.79. The molecule has 0 saturated heterocycles. The Morgan fingerprint density at radius 1 is 1.45 bits per heavy atom. The monoisotopic (exact) mass is 302 g/mol. The van der Waals surface area contributed by atoms with Crippen molar-refractivity contribution >= 4 is 24.0 Å². The number of carbonyl (C=O) groups is 1. The van der Waals surface area contributed by atoms with Crippen molar-refractivity contribution in [1.29, 1.82) is 0 Å². The first-order chi connectivity index (χ1) is 8.99. The Morgan fingerprint density at radius 3 is 2.80 bits per heavy atom. The number of anilines is 1. The minimum absolute atomic E-state index is 0. The summed E-state index contributed by atoms with van der Waals surface area (Å²) in [6, 6.07) is 3.28. The van der Waals surface area contributed by atoms with Crippen molar-refractivity contribution in [2.24, 2.45) is 0 Å². The number of aromatic hydroxyl groups is 1. The minimum atomic E-state index is -0.772. The van der Waals surface area contributed by atoms with Crippen LogP contribution in [-0.4, -0.2) is 35.3 Å². The summed E-state index contributed by atoms with van der Waals surface area (Å²) in [6.45, 7) is 4.21. The molecule has 1 aliphatic rings. The van der Waals surface area contributed by atoms with Crippen LogP contribution in [0.5, 0.6) is 11.5 Å². The lowest BCUT2D eigenvalue weighted by molar-refractivity contribution is -0.118. The highest BCUT2D eigenvalue weighted by Gasteiger charge is 2.25. The predicted molar refractivity (Wildman–Crippen MR) is 77.6 cm³/mol. The molecular weight excluding hydrogens is 284 g/mol. The molecule has 1 aromatic rings. The predicted octanol–water partition coefficient (Wildman–Crippen LogP) is 1.18. The molecule has 0 fully saturated rings. The number of aliphatic hydroxyl groups excluding tert-OH is 1. The van der Waals surface area contributed by atoms with Crippen molar-refractivity contribution < 1.29 is 19.7 Å². The number of fused-ring (bicyclic) bond motifs is 1. The zero-order valence-electron chi connectivity index (χ0n) is 11.3. The molecule has 0 bridgehead atoms. The fourth-order valence-corrected chi connectivity index (χ4v) is 1.90. The first-order valence-corrected chi connectivity index (χ1v) is 6.19. The van der Waals surface area contributed by atoms with Crippen molar-refractivity contribution in [3.63, 3.8) is 0 Å². The maximum Gasteiger partial charge on any atom is 0.262 e. The van der Waals surface area contributed by atoms with Gasteiger partial charge in [-0.1, -0.05) is 13.8 Å². The van der Waals surface area contributed by atoms with Gasteiger partial charge in [0, 0.05) is 18.2 Å². The Morgan fingerprint density at radius 2 is 2.15 bits per heavy atom. The summed E-state index contributed by atoms with van der Waals surface area (Å²) in [5.41, 5.74) is 0.762. The third-order valence-corrected chi connectivity index (χ3v) is 2.86. The largest absolute Gasteiger partial charge is 0.506 e. The lowest BCUT2D eigenvalue weighted by Gasteiger charge is -2.24. The molecule has 0 saturated carbocycles. The molecule has 1 heterocycles. The Kier molecular flexibility index (Phi) is 5.62. The third-order valence-electron chi connectivity index (χ3n) is 2.86. The van der Waals surface area contributed by atoms with Gasteiger partial charge < -0.3 is 25.6 Å². The van der Waals surface area contributed by atoms with Gasteiger partial charge in [0.15, 0.2) is 12.4 Å². The van der Waals surface area contributed by atoms with Gasteiger partial charge in [0.05, 0.1) is 6.10 Å². The van der Waals surface area contributed by atoms with Gasteiger partial charge in [-0.15, -0.1) is 12.4 Å². The van der Waals surface area contributed by atoms with Crippen LogP contribution in [0.1, 0.15) is 25.5 Å². The molecule has 0 aromatic heterocycles. The van der Waals surface area contributed by atoms with Crippen molar-refractivity contribution in [3.05, 3.63) is 17.7 Å². The highest BCUT2D eigenvalue weighted by molar-refractivity contribution is 5.97. The molecule has 1 amide bonds. The lowest BCUT2D eigenvalue weighted by atomic mass is 10.0. The first-order valence-electron chi connectivity index (χ1n) is 6.19. The van der Waals surface area contributed by atoms with Gasteiger partial charge in [0.2, 0.25) is 0 Å². The third kappa shape index (κ3) is 3.53. The summed E-state index contributed by atoms with van der Waals surface area (Å²) in [5, 5.41) is 25.5. The number of halogens is 1. The van der Waals surface area contributed by atoms with Gasteiger partial charge in [-0.25, -0.2) is 0 Å². The van der Waals surface area contributed by atoms with Crippen LogP contribution in [0.15, 0.2) is 12.1 Å². The van der Waals surface area contributed by atoms with Gasteiger partial charge in [-0.2, -0.15) is 0 Å². The number of amides is 1. The van der Waals surface area contributed by atoms with Crippen LogP contribution in [-0.2, 0) is 4.79 Å². The minimum Gasteiger partial charge on any atom is -0.506 e. The van der Waals surface area contributed by atoms with E-state index < -0.39 is 6.10 Å². The smallest absolute Gasteiger partial charge is 0.262 e. The molecule has 20 heavy (non-hydrogen) atoms. The van der Waals surface area contributed by atoms with E-state index in [2.05, 4.69) is 10.6 Å². The van der Waals surface area contributed by atoms with E-state index in [1.165, 1.54) is 6.07 Å². The second-order valence-corrected chi connectivity index (χ2v) is 4.79. The molecule has 6 nitrogen and oxygen atoms in total. The second kappa shape index (κ2) is 6.78. The SMILES string of the molecule is CC(C)NCC(O)c1ccc(O)c2c1OCC(=O)N2.Cl. The number of nitrogens with one attached hydrogen (secondary N) is 2. The maximum atomic E-state index is 11.3. The standard InChI is InChI=1S/C13H18N2O4.ClH/c1-7(2)14-5-10(17)8-3-4-9(16)12-13(8)19-6-11(18)15-12;/h3-4,7,10,14,16-17H,5-6H2,1-2H3,(H,15,18);1H. The van der Waals surface area contributed by atoms with Crippen LogP contribution in [0.4, 0.5) is 5.69 Å². The number of ether oxygens (including phenoxy) is 1. The lowest BCUT2D eigenvalue weighted by Crippen LogP contribution is -2.30. The van der Waals surface area contributed by atoms with Crippen LogP contribution in [0.2, 0.25) is 0 Å². The molecule has 1 unspecified atom stereocenters. The molecule has 4 N–H and O–H groups in total. The summed E-state index contributed by atoms with van der Waals surface area (Å²) in [7, 11) is 0. The van der Waals surface area contributed by atoms with Crippen LogP contribution in [0.3, 0.4) is 0 Å². The summed E-state index contributed by atoms with van der Waals surface area (Å²) < 4.78 is 5.32. The van der Waals surface area contributed by atoms with E-state index in [4.69, 9.17) is 4.74 Å². The fourth-order valence-electron chi connectivity index (χ4n) is 1.90. The zero-order valence-corrected chi connectivity index (χ0v) is 12.2. The number of rotatable bonds is 4. The average Bonchev–Trinajstić information content (AvgIpc) is 2.37. The Hall–Kier alpha value is -1.50. The Bertz CT molecular complexity index is 494. The number of hydrogen-bond donors (Lipinski definition) is 4. The van der Waals surface area contributed by atoms with Crippen LogP contribution < -0.4 is 15.4 Å². The number of aliphatic hydroxyl groups is 1. The fraction of sp³-hybridized carbons (Fsp3) is 0.462. The molecule has 0 aliphatic carbocycles.